The van der Waals surface area contributed by atoms with Crippen LogP contribution in [0.25, 0.3) is 24.3 Å². The lowest BCUT2D eigenvalue weighted by Gasteiger charge is -2.26. The molecule has 0 aliphatic carbocycles. The number of aliphatic hydroxyl groups is 2. The van der Waals surface area contributed by atoms with Gasteiger partial charge in [-0.2, -0.15) is 0 Å². The van der Waals surface area contributed by atoms with Crippen molar-refractivity contribution >= 4 is 70.0 Å². The first-order valence-corrected chi connectivity index (χ1v) is 21.8. The Morgan fingerprint density at radius 2 is 0.652 bits per heavy atom. The Kier molecular flexibility index (Phi) is 12.9. The van der Waals surface area contributed by atoms with Crippen LogP contribution in [0.1, 0.15) is 68.9 Å². The van der Waals surface area contributed by atoms with Crippen molar-refractivity contribution in [2.24, 2.45) is 0 Å². The third-order valence-corrected chi connectivity index (χ3v) is 11.8. The SMILES string of the molecule is C=CC(=O)C(O)c1ccc(N(c2ccc(C=Cc3ccc(C=Cc4ccc(N(c5ccc(C6CO6)cc5)c5ccc(C(O)C(=O)C=C)cc5)cc4)cc3)cc2)c2ccc(C3CO3)cc2)cc1. The molecular weight excluding hydrogens is 821 g/mol. The Bertz CT molecular complexity index is 2680. The molecule has 0 amide bonds. The molecule has 0 spiro atoms. The van der Waals surface area contributed by atoms with E-state index in [0.29, 0.717) is 11.1 Å². The van der Waals surface area contributed by atoms with E-state index in [2.05, 4.69) is 169 Å². The molecule has 2 saturated heterocycles. The van der Waals surface area contributed by atoms with Crippen molar-refractivity contribution in [1.82, 2.24) is 0 Å². The number of benzene rings is 7. The lowest BCUT2D eigenvalue weighted by Crippen LogP contribution is -2.11. The number of anilines is 6. The zero-order valence-corrected chi connectivity index (χ0v) is 36.2. The Hall–Kier alpha value is -7.72. The monoisotopic (exact) mass is 868 g/mol. The van der Waals surface area contributed by atoms with Crippen LogP contribution in [0.2, 0.25) is 0 Å². The Morgan fingerprint density at radius 1 is 0.424 bits per heavy atom. The summed E-state index contributed by atoms with van der Waals surface area (Å²) in [5.41, 5.74) is 13.2. The summed E-state index contributed by atoms with van der Waals surface area (Å²) in [5, 5.41) is 20.9. The van der Waals surface area contributed by atoms with Crippen molar-refractivity contribution in [3.63, 3.8) is 0 Å². The number of carbonyl (C=O) groups is 2. The average Bonchev–Trinajstić information content (AvgIpc) is 4.32. The number of aliphatic hydroxyl groups excluding tert-OH is 2. The molecule has 326 valence electrons. The molecule has 66 heavy (non-hydrogen) atoms. The van der Waals surface area contributed by atoms with E-state index >= 15 is 0 Å². The number of nitrogens with zero attached hydrogens (tertiary/aromatic N) is 2. The molecular formula is C58H48N2O6. The smallest absolute Gasteiger partial charge is 0.188 e. The second kappa shape index (κ2) is 19.6. The fourth-order valence-electron chi connectivity index (χ4n) is 7.79. The van der Waals surface area contributed by atoms with Crippen LogP contribution in [0.4, 0.5) is 34.1 Å². The van der Waals surface area contributed by atoms with E-state index < -0.39 is 23.8 Å². The molecule has 4 atom stereocenters. The van der Waals surface area contributed by atoms with Gasteiger partial charge in [0.1, 0.15) is 24.4 Å². The van der Waals surface area contributed by atoms with Crippen molar-refractivity contribution in [2.75, 3.05) is 23.0 Å². The molecule has 2 aliphatic heterocycles. The van der Waals surface area contributed by atoms with Crippen LogP contribution in [0.3, 0.4) is 0 Å². The lowest BCUT2D eigenvalue weighted by atomic mass is 10.0. The zero-order chi connectivity index (χ0) is 45.6. The molecule has 0 radical (unpaired) electrons. The highest BCUT2D eigenvalue weighted by Gasteiger charge is 2.26. The minimum absolute atomic E-state index is 0.160. The molecule has 2 aliphatic rings. The van der Waals surface area contributed by atoms with Gasteiger partial charge in [0.05, 0.1) is 13.2 Å². The molecule has 8 nitrogen and oxygen atoms in total. The number of ether oxygens (including phenoxy) is 2. The van der Waals surface area contributed by atoms with Gasteiger partial charge < -0.3 is 29.5 Å². The molecule has 2 heterocycles. The van der Waals surface area contributed by atoms with Gasteiger partial charge in [0.25, 0.3) is 0 Å². The Labute approximate surface area is 385 Å². The number of ketones is 2. The largest absolute Gasteiger partial charge is 0.380 e. The van der Waals surface area contributed by atoms with Gasteiger partial charge in [-0.05, 0) is 129 Å². The number of rotatable bonds is 18. The molecule has 0 bridgehead atoms. The number of carbonyl (C=O) groups excluding carboxylic acids is 2. The molecule has 2 N–H and O–H groups in total. The van der Waals surface area contributed by atoms with Gasteiger partial charge in [0.15, 0.2) is 11.6 Å². The summed E-state index contributed by atoms with van der Waals surface area (Å²) in [5.74, 6) is -0.882. The van der Waals surface area contributed by atoms with Crippen LogP contribution in [0, 0.1) is 0 Å². The van der Waals surface area contributed by atoms with E-state index in [0.717, 1.165) is 92.9 Å². The Balaban J connectivity index is 0.872. The fourth-order valence-corrected chi connectivity index (χ4v) is 7.79. The molecule has 9 rings (SSSR count). The topological polar surface area (TPSA) is 106 Å². The van der Waals surface area contributed by atoms with Crippen molar-refractivity contribution in [3.8, 4) is 0 Å². The molecule has 7 aromatic carbocycles. The van der Waals surface area contributed by atoms with Gasteiger partial charge in [-0.3, -0.25) is 9.59 Å². The van der Waals surface area contributed by atoms with Crippen molar-refractivity contribution in [1.29, 1.82) is 0 Å². The van der Waals surface area contributed by atoms with Crippen LogP contribution < -0.4 is 9.80 Å². The van der Waals surface area contributed by atoms with Crippen LogP contribution in [-0.2, 0) is 19.1 Å². The van der Waals surface area contributed by atoms with Gasteiger partial charge in [0.2, 0.25) is 0 Å². The quantitative estimate of drug-likeness (QED) is 0.0499. The summed E-state index contributed by atoms with van der Waals surface area (Å²) in [6.45, 7) is 8.48. The first-order chi connectivity index (χ1) is 32.2. The first-order valence-electron chi connectivity index (χ1n) is 21.8. The summed E-state index contributed by atoms with van der Waals surface area (Å²) >= 11 is 0. The van der Waals surface area contributed by atoms with E-state index in [1.165, 1.54) is 0 Å². The van der Waals surface area contributed by atoms with Gasteiger partial charge in [-0.25, -0.2) is 0 Å². The second-order valence-corrected chi connectivity index (χ2v) is 16.2. The minimum Gasteiger partial charge on any atom is -0.380 e. The van der Waals surface area contributed by atoms with E-state index in [9.17, 15) is 19.8 Å². The summed E-state index contributed by atoms with van der Waals surface area (Å²) in [6.07, 6.45) is 8.49. The number of epoxide rings is 2. The highest BCUT2D eigenvalue weighted by Crippen LogP contribution is 2.39. The third-order valence-electron chi connectivity index (χ3n) is 11.8. The molecule has 8 heteroatoms. The highest BCUT2D eigenvalue weighted by atomic mass is 16.6. The zero-order valence-electron chi connectivity index (χ0n) is 36.2. The van der Waals surface area contributed by atoms with E-state index in [1.807, 2.05) is 24.3 Å². The van der Waals surface area contributed by atoms with E-state index in [4.69, 9.17) is 9.47 Å². The van der Waals surface area contributed by atoms with Crippen LogP contribution >= 0.6 is 0 Å². The summed E-state index contributed by atoms with van der Waals surface area (Å²) in [6, 6.07) is 56.5. The predicted octanol–water partition coefficient (Wildman–Crippen LogP) is 12.7. The first kappa shape index (κ1) is 43.5. The maximum atomic E-state index is 12.1. The maximum Gasteiger partial charge on any atom is 0.188 e. The van der Waals surface area contributed by atoms with Gasteiger partial charge in [-0.15, -0.1) is 0 Å². The van der Waals surface area contributed by atoms with Gasteiger partial charge in [-0.1, -0.05) is 135 Å². The molecule has 0 saturated carbocycles. The summed E-state index contributed by atoms with van der Waals surface area (Å²) in [7, 11) is 0. The van der Waals surface area contributed by atoms with E-state index in [1.54, 1.807) is 24.3 Å². The van der Waals surface area contributed by atoms with Gasteiger partial charge in [0, 0.05) is 34.1 Å². The van der Waals surface area contributed by atoms with Crippen molar-refractivity contribution in [2.45, 2.75) is 24.4 Å². The van der Waals surface area contributed by atoms with E-state index in [-0.39, 0.29) is 12.2 Å². The van der Waals surface area contributed by atoms with Crippen LogP contribution in [0.15, 0.2) is 195 Å². The second-order valence-electron chi connectivity index (χ2n) is 16.2. The molecule has 7 aromatic rings. The van der Waals surface area contributed by atoms with Crippen molar-refractivity contribution < 1.29 is 29.3 Å². The Morgan fingerprint density at radius 3 is 0.894 bits per heavy atom. The van der Waals surface area contributed by atoms with Crippen LogP contribution in [-0.4, -0.2) is 35.0 Å². The molecule has 0 aromatic heterocycles. The molecule has 2 fully saturated rings. The fraction of sp³-hybridized carbons (Fsp3) is 0.103. The number of hydrogen-bond donors (Lipinski definition) is 2. The molecule has 4 unspecified atom stereocenters. The predicted molar refractivity (Wildman–Crippen MR) is 264 cm³/mol. The van der Waals surface area contributed by atoms with Crippen molar-refractivity contribution in [3.05, 3.63) is 240 Å². The maximum absolute atomic E-state index is 12.1. The standard InChI is InChI=1S/C58H48N2O6/c1-3-53(61)57(63)45-21-33-51(34-22-45)59(49-29-17-43(18-30-49)55-37-65-55)47-25-13-41(14-26-47)11-9-39-5-7-40(8-6-39)10-12-42-15-27-48(28-16-42)60(50-31-19-44(20-32-50)56-38-66-56)52-35-23-46(24-36-52)58(64)54(62)4-2/h3-36,55-58,63-64H,1-2,37-38H2. The third kappa shape index (κ3) is 10.1. The summed E-state index contributed by atoms with van der Waals surface area (Å²) < 4.78 is 11.0. The average molecular weight is 869 g/mol. The number of hydrogen-bond acceptors (Lipinski definition) is 8. The van der Waals surface area contributed by atoms with Gasteiger partial charge >= 0.3 is 0 Å². The van der Waals surface area contributed by atoms with Crippen LogP contribution in [0.5, 0.6) is 0 Å². The summed E-state index contributed by atoms with van der Waals surface area (Å²) in [4.78, 5) is 28.4. The lowest BCUT2D eigenvalue weighted by molar-refractivity contribution is -0.123. The normalized spacial score (nSPS) is 16.1. The minimum atomic E-state index is -1.25. The highest BCUT2D eigenvalue weighted by molar-refractivity contribution is 5.94.